The first-order valence-electron chi connectivity index (χ1n) is 19.8. The van der Waals surface area contributed by atoms with E-state index in [1.54, 1.807) is 5.56 Å². The fourth-order valence-corrected chi connectivity index (χ4v) is 12.2. The second kappa shape index (κ2) is 11.2. The lowest BCUT2D eigenvalue weighted by atomic mass is 9.57. The summed E-state index contributed by atoms with van der Waals surface area (Å²) in [6.07, 6.45) is 7.30. The van der Waals surface area contributed by atoms with Crippen LogP contribution in [-0.2, 0) is 5.41 Å². The van der Waals surface area contributed by atoms with Crippen molar-refractivity contribution in [2.24, 2.45) is 29.6 Å². The first kappa shape index (κ1) is 29.9. The van der Waals surface area contributed by atoms with Crippen LogP contribution in [0.25, 0.3) is 49.4 Å². The second-order valence-corrected chi connectivity index (χ2v) is 16.7. The number of anilines is 3. The fourth-order valence-electron chi connectivity index (χ4n) is 12.2. The highest BCUT2D eigenvalue weighted by Gasteiger charge is 2.67. The molecule has 0 amide bonds. The van der Waals surface area contributed by atoms with Crippen molar-refractivity contribution in [3.05, 3.63) is 169 Å². The minimum absolute atomic E-state index is 0.390. The third-order valence-corrected chi connectivity index (χ3v) is 14.2. The van der Waals surface area contributed by atoms with Crippen molar-refractivity contribution >= 4 is 49.6 Å². The summed E-state index contributed by atoms with van der Waals surface area (Å²) < 4.78 is 2.46. The van der Waals surface area contributed by atoms with Gasteiger partial charge in [-0.2, -0.15) is 0 Å². The van der Waals surface area contributed by atoms with Gasteiger partial charge in [0.15, 0.2) is 0 Å². The summed E-state index contributed by atoms with van der Waals surface area (Å²) >= 11 is 0. The normalized spacial score (nSPS) is 25.2. The number of hydrogen-bond acceptors (Lipinski definition) is 1. The molecule has 0 saturated heterocycles. The van der Waals surface area contributed by atoms with E-state index in [4.69, 9.17) is 0 Å². The Bertz CT molecular complexity index is 2700. The molecule has 0 aliphatic heterocycles. The molecule has 2 nitrogen and oxygen atoms in total. The Hall–Kier alpha value is -5.60. The highest BCUT2D eigenvalue weighted by atomic mass is 15.1. The summed E-state index contributed by atoms with van der Waals surface area (Å²) in [7, 11) is 0. The molecule has 4 aliphatic rings. The van der Waals surface area contributed by atoms with Crippen molar-refractivity contribution in [2.75, 3.05) is 4.90 Å². The van der Waals surface area contributed by atoms with Gasteiger partial charge in [-0.05, 0) is 144 Å². The van der Waals surface area contributed by atoms with Gasteiger partial charge < -0.3 is 9.47 Å². The highest BCUT2D eigenvalue weighted by Crippen LogP contribution is 2.73. The number of para-hydroxylation sites is 2. The minimum atomic E-state index is 0.390. The van der Waals surface area contributed by atoms with Crippen LogP contribution in [0.1, 0.15) is 37.7 Å². The monoisotopic (exact) mass is 682 g/mol. The van der Waals surface area contributed by atoms with Crippen LogP contribution in [-0.4, -0.2) is 4.57 Å². The zero-order valence-electron chi connectivity index (χ0n) is 29.9. The van der Waals surface area contributed by atoms with Gasteiger partial charge in [-0.3, -0.25) is 0 Å². The summed E-state index contributed by atoms with van der Waals surface area (Å²) in [5.74, 6) is 4.85. The molecule has 1 heterocycles. The SMILES string of the molecule is c1ccc(N(c2ccc(-c3cccc(-n4c5ccccc5c5ccc6ccccc6c54)c3)cc2)c2cccc(C34C[C@@H]5C[C@@H]6C[C@@H](C3)C6[C@@H]4C5)c2)cc1. The largest absolute Gasteiger partial charge is 0.310 e. The fraction of sp³-hybridized carbons (Fsp3) is 0.216. The molecule has 6 atom stereocenters. The van der Waals surface area contributed by atoms with Crippen LogP contribution >= 0.6 is 0 Å². The van der Waals surface area contributed by atoms with E-state index in [1.165, 1.54) is 98.6 Å². The van der Waals surface area contributed by atoms with E-state index in [-0.39, 0.29) is 0 Å². The van der Waals surface area contributed by atoms with Crippen molar-refractivity contribution in [3.8, 4) is 16.8 Å². The standard InChI is InChI=1S/C51H42N2/c1-2-13-40(14-3-1)52(43-16-9-12-39(30-43)51-31-33-26-37-28-38(32-51)49(37)47(51)27-33)41-23-20-34(21-24-41)36-11-8-15-42(29-36)53-48-19-7-6-18-45(48)46-25-22-35-10-4-5-17-44(35)50(46)53/h1-25,29-30,33,37-38,47,49H,26-28,31-32H2/t33-,37-,38+,47+,49?,51?/m1/s1. The van der Waals surface area contributed by atoms with Crippen LogP contribution in [0.2, 0.25) is 0 Å². The van der Waals surface area contributed by atoms with Gasteiger partial charge in [-0.25, -0.2) is 0 Å². The van der Waals surface area contributed by atoms with Crippen molar-refractivity contribution < 1.29 is 0 Å². The van der Waals surface area contributed by atoms with E-state index in [1.807, 2.05) is 0 Å². The Morgan fingerprint density at radius 2 is 1.28 bits per heavy atom. The van der Waals surface area contributed by atoms with Crippen molar-refractivity contribution in [2.45, 2.75) is 37.5 Å². The predicted molar refractivity (Wildman–Crippen MR) is 221 cm³/mol. The van der Waals surface area contributed by atoms with E-state index in [0.29, 0.717) is 5.41 Å². The van der Waals surface area contributed by atoms with Gasteiger partial charge in [0.1, 0.15) is 0 Å². The molecule has 0 radical (unpaired) electrons. The van der Waals surface area contributed by atoms with Gasteiger partial charge in [0, 0.05) is 38.9 Å². The predicted octanol–water partition coefficient (Wildman–Crippen LogP) is 13.4. The van der Waals surface area contributed by atoms with E-state index in [2.05, 4.69) is 173 Å². The third-order valence-electron chi connectivity index (χ3n) is 14.2. The van der Waals surface area contributed by atoms with Gasteiger partial charge in [0.2, 0.25) is 0 Å². The summed E-state index contributed by atoms with van der Waals surface area (Å²) in [4.78, 5) is 2.47. The Kier molecular flexibility index (Phi) is 6.32. The van der Waals surface area contributed by atoms with E-state index in [9.17, 15) is 0 Å². The second-order valence-electron chi connectivity index (χ2n) is 16.7. The van der Waals surface area contributed by atoms with Crippen LogP contribution in [0, 0.1) is 29.6 Å². The van der Waals surface area contributed by atoms with E-state index in [0.717, 1.165) is 29.6 Å². The van der Waals surface area contributed by atoms with Crippen LogP contribution in [0.4, 0.5) is 17.1 Å². The van der Waals surface area contributed by atoms with Gasteiger partial charge in [-0.1, -0.05) is 109 Å². The van der Waals surface area contributed by atoms with Crippen molar-refractivity contribution in [1.29, 1.82) is 0 Å². The molecule has 256 valence electrons. The Balaban J connectivity index is 0.938. The summed E-state index contributed by atoms with van der Waals surface area (Å²) in [5.41, 5.74) is 11.8. The molecule has 53 heavy (non-hydrogen) atoms. The molecule has 2 unspecified atom stereocenters. The molecular weight excluding hydrogens is 641 g/mol. The summed E-state index contributed by atoms with van der Waals surface area (Å²) in [6, 6.07) is 61.1. The molecule has 0 spiro atoms. The number of aromatic nitrogens is 1. The Morgan fingerprint density at radius 3 is 2.19 bits per heavy atom. The smallest absolute Gasteiger partial charge is 0.0619 e. The third kappa shape index (κ3) is 4.33. The van der Waals surface area contributed by atoms with Crippen LogP contribution in [0.15, 0.2) is 164 Å². The van der Waals surface area contributed by atoms with E-state index < -0.39 is 0 Å². The summed E-state index contributed by atoms with van der Waals surface area (Å²) in [5, 5.41) is 5.12. The maximum atomic E-state index is 2.57. The molecule has 0 N–H and O–H groups in total. The minimum Gasteiger partial charge on any atom is -0.310 e. The average Bonchev–Trinajstić information content (AvgIpc) is 3.81. The number of nitrogens with zero attached hydrogens (tertiary/aromatic N) is 2. The number of fused-ring (bicyclic) bond motifs is 6. The number of hydrogen-bond donors (Lipinski definition) is 0. The maximum Gasteiger partial charge on any atom is 0.0619 e. The molecule has 4 saturated carbocycles. The van der Waals surface area contributed by atoms with Crippen molar-refractivity contribution in [3.63, 3.8) is 0 Å². The highest BCUT2D eigenvalue weighted by molar-refractivity contribution is 6.18. The first-order valence-corrected chi connectivity index (χ1v) is 19.8. The first-order chi connectivity index (χ1) is 26.2. The molecule has 4 aliphatic carbocycles. The molecule has 7 aromatic carbocycles. The summed E-state index contributed by atoms with van der Waals surface area (Å²) in [6.45, 7) is 0. The van der Waals surface area contributed by atoms with Crippen molar-refractivity contribution in [1.82, 2.24) is 4.57 Å². The zero-order valence-corrected chi connectivity index (χ0v) is 29.9. The van der Waals surface area contributed by atoms with Crippen LogP contribution < -0.4 is 4.90 Å². The Morgan fingerprint density at radius 1 is 0.509 bits per heavy atom. The van der Waals surface area contributed by atoms with Crippen LogP contribution in [0.3, 0.4) is 0 Å². The molecular formula is C51H42N2. The molecule has 8 aromatic rings. The van der Waals surface area contributed by atoms with Gasteiger partial charge in [0.05, 0.1) is 11.0 Å². The molecule has 2 heteroatoms. The number of rotatable bonds is 6. The molecule has 2 bridgehead atoms. The van der Waals surface area contributed by atoms with Gasteiger partial charge in [0.25, 0.3) is 0 Å². The number of benzene rings is 7. The lowest BCUT2D eigenvalue weighted by molar-refractivity contribution is 0.0152. The maximum absolute atomic E-state index is 2.57. The Labute approximate surface area is 311 Å². The lowest BCUT2D eigenvalue weighted by Crippen LogP contribution is -2.40. The van der Waals surface area contributed by atoms with Gasteiger partial charge >= 0.3 is 0 Å². The van der Waals surface area contributed by atoms with Gasteiger partial charge in [-0.15, -0.1) is 0 Å². The average molecular weight is 683 g/mol. The molecule has 4 fully saturated rings. The zero-order chi connectivity index (χ0) is 34.7. The van der Waals surface area contributed by atoms with Crippen LogP contribution in [0.5, 0.6) is 0 Å². The molecule has 1 aromatic heterocycles. The molecule has 12 rings (SSSR count). The quantitative estimate of drug-likeness (QED) is 0.169. The lowest BCUT2D eigenvalue weighted by Gasteiger charge is -2.48. The topological polar surface area (TPSA) is 8.17 Å². The van der Waals surface area contributed by atoms with E-state index >= 15 is 0 Å².